The molecule has 5 heteroatoms. The molecule has 0 spiro atoms. The van der Waals surface area contributed by atoms with Crippen LogP contribution in [-0.4, -0.2) is 23.2 Å². The predicted octanol–water partition coefficient (Wildman–Crippen LogP) is 1.80. The molecule has 0 aliphatic carbocycles. The third-order valence-electron chi connectivity index (χ3n) is 1.45. The summed E-state index contributed by atoms with van der Waals surface area (Å²) in [7, 11) is 0. The summed E-state index contributed by atoms with van der Waals surface area (Å²) in [6.45, 7) is 1.26. The van der Waals surface area contributed by atoms with Crippen molar-refractivity contribution in [3.63, 3.8) is 0 Å². The van der Waals surface area contributed by atoms with E-state index in [2.05, 4.69) is 0 Å². The summed E-state index contributed by atoms with van der Waals surface area (Å²) in [4.78, 5) is 21.6. The van der Waals surface area contributed by atoms with Crippen LogP contribution in [0.15, 0.2) is 11.0 Å². The van der Waals surface area contributed by atoms with E-state index in [0.29, 0.717) is 6.08 Å². The van der Waals surface area contributed by atoms with Crippen LogP contribution in [0.1, 0.15) is 13.3 Å². The summed E-state index contributed by atoms with van der Waals surface area (Å²) < 4.78 is 25.1. The van der Waals surface area contributed by atoms with Gasteiger partial charge in [-0.1, -0.05) is 0 Å². The average molecular weight is 206 g/mol. The molecule has 0 aromatic rings. The number of ketones is 2. The molecule has 0 radical (unpaired) electrons. The molecule has 0 saturated heterocycles. The van der Waals surface area contributed by atoms with Crippen LogP contribution in [-0.2, 0) is 9.59 Å². The highest BCUT2D eigenvalue weighted by Crippen LogP contribution is 2.36. The van der Waals surface area contributed by atoms with Gasteiger partial charge in [-0.3, -0.25) is 9.59 Å². The first-order chi connectivity index (χ1) is 5.91. The van der Waals surface area contributed by atoms with Crippen LogP contribution in [0.25, 0.3) is 0 Å². The van der Waals surface area contributed by atoms with Crippen molar-refractivity contribution in [3.05, 3.63) is 11.0 Å². The number of carbonyl (C=O) groups excluding carboxylic acids is 2. The van der Waals surface area contributed by atoms with E-state index in [1.807, 2.05) is 0 Å². The molecule has 72 valence electrons. The highest BCUT2D eigenvalue weighted by molar-refractivity contribution is 8.04. The first kappa shape index (κ1) is 10.4. The van der Waals surface area contributed by atoms with Crippen molar-refractivity contribution in [1.82, 2.24) is 0 Å². The van der Waals surface area contributed by atoms with Gasteiger partial charge < -0.3 is 0 Å². The van der Waals surface area contributed by atoms with Crippen molar-refractivity contribution in [3.8, 4) is 0 Å². The van der Waals surface area contributed by atoms with Gasteiger partial charge in [-0.25, -0.2) is 8.78 Å². The number of Topliss-reactive ketones (excluding diaryl/α,β-unsaturated/α-hetero) is 2. The van der Waals surface area contributed by atoms with E-state index in [-0.39, 0.29) is 17.1 Å². The maximum absolute atomic E-state index is 12.6. The molecule has 0 bridgehead atoms. The number of rotatable bonds is 3. The maximum atomic E-state index is 12.6. The zero-order chi connectivity index (χ0) is 10.1. The number of alkyl halides is 2. The monoisotopic (exact) mass is 206 g/mol. The minimum atomic E-state index is -2.90. The zero-order valence-corrected chi connectivity index (χ0v) is 7.79. The first-order valence-electron chi connectivity index (χ1n) is 3.67. The van der Waals surface area contributed by atoms with Gasteiger partial charge in [0.15, 0.2) is 5.78 Å². The van der Waals surface area contributed by atoms with Gasteiger partial charge in [0.1, 0.15) is 5.78 Å². The summed E-state index contributed by atoms with van der Waals surface area (Å²) >= 11 is 0.809. The van der Waals surface area contributed by atoms with E-state index in [4.69, 9.17) is 0 Å². The topological polar surface area (TPSA) is 34.1 Å². The number of hydrogen-bond donors (Lipinski definition) is 0. The summed E-state index contributed by atoms with van der Waals surface area (Å²) in [5.74, 6) is -4.10. The molecule has 1 aliphatic rings. The molecule has 0 aromatic heterocycles. The van der Waals surface area contributed by atoms with Crippen molar-refractivity contribution in [2.45, 2.75) is 19.3 Å². The van der Waals surface area contributed by atoms with Crippen LogP contribution < -0.4 is 0 Å². The summed E-state index contributed by atoms with van der Waals surface area (Å²) in [6, 6.07) is 0. The van der Waals surface area contributed by atoms with Gasteiger partial charge in [-0.2, -0.15) is 0 Å². The zero-order valence-electron chi connectivity index (χ0n) is 6.97. The minimum Gasteiger partial charge on any atom is -0.300 e. The Morgan fingerprint density at radius 3 is 2.62 bits per heavy atom. The molecule has 0 saturated carbocycles. The third-order valence-corrected chi connectivity index (χ3v) is 2.63. The molecule has 0 N–H and O–H groups in total. The Balaban J connectivity index is 2.65. The van der Waals surface area contributed by atoms with Crippen molar-refractivity contribution in [1.29, 1.82) is 0 Å². The van der Waals surface area contributed by atoms with Crippen LogP contribution >= 0.6 is 11.8 Å². The number of hydrogen-bond acceptors (Lipinski definition) is 3. The fourth-order valence-electron chi connectivity index (χ4n) is 0.923. The molecule has 2 nitrogen and oxygen atoms in total. The first-order valence-corrected chi connectivity index (χ1v) is 4.65. The molecule has 0 aromatic carbocycles. The minimum absolute atomic E-state index is 0.0141. The summed E-state index contributed by atoms with van der Waals surface area (Å²) in [5.41, 5.74) is 0. The Morgan fingerprint density at radius 2 is 2.23 bits per heavy atom. The van der Waals surface area contributed by atoms with Gasteiger partial charge in [0.25, 0.3) is 5.92 Å². The number of carbonyl (C=O) groups is 2. The molecule has 0 amide bonds. The standard InChI is InChI=1S/C8H8F2O2S/c1-5(11)2-6(12)7-3-8(9,10)4-13-7/h3H,2,4H2,1H3. The lowest BCUT2D eigenvalue weighted by Crippen LogP contribution is -2.10. The quantitative estimate of drug-likeness (QED) is 0.660. The van der Waals surface area contributed by atoms with Gasteiger partial charge >= 0.3 is 0 Å². The Kier molecular flexibility index (Phi) is 2.85. The molecule has 0 atom stereocenters. The highest BCUT2D eigenvalue weighted by atomic mass is 32.2. The van der Waals surface area contributed by atoms with Crippen LogP contribution in [0.2, 0.25) is 0 Å². The molecular formula is C8H8F2O2S. The largest absolute Gasteiger partial charge is 0.300 e. The Hall–Kier alpha value is -0.710. The third kappa shape index (κ3) is 2.91. The van der Waals surface area contributed by atoms with Crippen LogP contribution in [0.3, 0.4) is 0 Å². The lowest BCUT2D eigenvalue weighted by Gasteiger charge is -1.99. The van der Waals surface area contributed by atoms with E-state index in [0.717, 1.165) is 11.8 Å². The Labute approximate surface area is 78.4 Å². The van der Waals surface area contributed by atoms with Crippen LogP contribution in [0.5, 0.6) is 0 Å². The van der Waals surface area contributed by atoms with Crippen molar-refractivity contribution >= 4 is 23.3 Å². The predicted molar refractivity (Wildman–Crippen MR) is 45.8 cm³/mol. The van der Waals surface area contributed by atoms with Gasteiger partial charge in [-0.15, -0.1) is 11.8 Å². The number of halogens is 2. The second kappa shape index (κ2) is 3.57. The van der Waals surface area contributed by atoms with E-state index >= 15 is 0 Å². The fraction of sp³-hybridized carbons (Fsp3) is 0.500. The maximum Gasteiger partial charge on any atom is 0.277 e. The van der Waals surface area contributed by atoms with E-state index in [1.54, 1.807) is 0 Å². The summed E-state index contributed by atoms with van der Waals surface area (Å²) in [6.07, 6.45) is 0.359. The van der Waals surface area contributed by atoms with Crippen molar-refractivity contribution < 1.29 is 18.4 Å². The normalized spacial score (nSPS) is 19.8. The fourth-order valence-corrected chi connectivity index (χ4v) is 1.84. The molecule has 13 heavy (non-hydrogen) atoms. The SMILES string of the molecule is CC(=O)CC(=O)C1=CC(F)(F)CS1. The molecule has 1 rings (SSSR count). The van der Waals surface area contributed by atoms with Gasteiger partial charge in [0, 0.05) is 6.08 Å². The smallest absolute Gasteiger partial charge is 0.277 e. The second-order valence-electron chi connectivity index (χ2n) is 2.86. The highest BCUT2D eigenvalue weighted by Gasteiger charge is 2.35. The van der Waals surface area contributed by atoms with E-state index in [1.165, 1.54) is 6.92 Å². The second-order valence-corrected chi connectivity index (χ2v) is 3.88. The molecular weight excluding hydrogens is 198 g/mol. The van der Waals surface area contributed by atoms with Crippen LogP contribution in [0, 0.1) is 0 Å². The van der Waals surface area contributed by atoms with Gasteiger partial charge in [0.05, 0.1) is 17.1 Å². The van der Waals surface area contributed by atoms with Gasteiger partial charge in [0.2, 0.25) is 0 Å². The Morgan fingerprint density at radius 1 is 1.62 bits per heavy atom. The number of allylic oxidation sites excluding steroid dienone is 2. The summed E-state index contributed by atoms with van der Waals surface area (Å²) in [5, 5.41) is 0. The lowest BCUT2D eigenvalue weighted by molar-refractivity contribution is -0.123. The number of thioether (sulfide) groups is 1. The lowest BCUT2D eigenvalue weighted by atomic mass is 10.2. The van der Waals surface area contributed by atoms with E-state index < -0.39 is 17.5 Å². The Bertz CT molecular complexity index is 284. The molecule has 0 fully saturated rings. The van der Waals surface area contributed by atoms with Crippen LogP contribution in [0.4, 0.5) is 8.78 Å². The van der Waals surface area contributed by atoms with Crippen molar-refractivity contribution in [2.24, 2.45) is 0 Å². The molecule has 0 unspecified atom stereocenters. The molecule has 1 aliphatic heterocycles. The van der Waals surface area contributed by atoms with E-state index in [9.17, 15) is 18.4 Å². The van der Waals surface area contributed by atoms with Gasteiger partial charge in [-0.05, 0) is 6.92 Å². The molecule has 1 heterocycles. The average Bonchev–Trinajstić information content (AvgIpc) is 2.28. The van der Waals surface area contributed by atoms with Crippen molar-refractivity contribution in [2.75, 3.05) is 5.75 Å².